The molecule has 0 radical (unpaired) electrons. The van der Waals surface area contributed by atoms with Crippen molar-refractivity contribution in [1.82, 2.24) is 9.36 Å². The van der Waals surface area contributed by atoms with Crippen LogP contribution in [0.25, 0.3) is 0 Å². The number of hydrogen-bond donors (Lipinski definition) is 4. The Kier molecular flexibility index (Phi) is 3.38. The van der Waals surface area contributed by atoms with Gasteiger partial charge in [0.05, 0.1) is 13.2 Å². The van der Waals surface area contributed by atoms with Crippen LogP contribution in [0.4, 0.5) is 5.13 Å². The van der Waals surface area contributed by atoms with Gasteiger partial charge in [0.25, 0.3) is 0 Å². The number of anilines is 1. The van der Waals surface area contributed by atoms with Crippen LogP contribution in [0.2, 0.25) is 5.28 Å². The first kappa shape index (κ1) is 13.4. The van der Waals surface area contributed by atoms with E-state index < -0.39 is 36.7 Å². The molecule has 3 rings (SSSR count). The van der Waals surface area contributed by atoms with Gasteiger partial charge in [-0.15, -0.1) is 0 Å². The molecule has 8 nitrogen and oxygen atoms in total. The standard InChI is InChI=1S/C9H12ClN3O5S/c10-7-12-8(19-13-7)11-3-4(15)5(16)9(1-14)2-17-6(3)18-9/h3-6,14-16H,1-2H2,(H,11,12,13)/t3-,4-,5-,6+,9+/m1/s1. The molecule has 5 atom stereocenters. The van der Waals surface area contributed by atoms with E-state index in [9.17, 15) is 15.3 Å². The van der Waals surface area contributed by atoms with E-state index in [0.717, 1.165) is 11.5 Å². The lowest BCUT2D eigenvalue weighted by Crippen LogP contribution is -2.64. The smallest absolute Gasteiger partial charge is 0.236 e. The van der Waals surface area contributed by atoms with E-state index in [1.165, 1.54) is 0 Å². The second kappa shape index (κ2) is 4.77. The van der Waals surface area contributed by atoms with Gasteiger partial charge in [-0.25, -0.2) is 0 Å². The minimum Gasteiger partial charge on any atom is -0.393 e. The summed E-state index contributed by atoms with van der Waals surface area (Å²) in [4.78, 5) is 3.89. The predicted molar refractivity (Wildman–Crippen MR) is 65.0 cm³/mol. The number of nitrogens with one attached hydrogen (secondary N) is 1. The summed E-state index contributed by atoms with van der Waals surface area (Å²) in [6, 6.07) is -0.721. The molecule has 2 bridgehead atoms. The highest BCUT2D eigenvalue weighted by Gasteiger charge is 2.59. The SMILES string of the molecule is OC[C@@]12CO[C@@H](O1)[C@H](Nc1nc(Cl)ns1)[C@@H](O)[C@H]2O. The second-order valence-corrected chi connectivity index (χ2v) is 5.58. The number of aromatic nitrogens is 2. The van der Waals surface area contributed by atoms with Gasteiger partial charge in [-0.05, 0) is 11.6 Å². The van der Waals surface area contributed by atoms with Crippen molar-refractivity contribution in [2.45, 2.75) is 30.1 Å². The summed E-state index contributed by atoms with van der Waals surface area (Å²) < 4.78 is 14.6. The summed E-state index contributed by atoms with van der Waals surface area (Å²) in [7, 11) is 0. The predicted octanol–water partition coefficient (Wildman–Crippen LogP) is -1.19. The number of halogens is 1. The molecule has 10 heteroatoms. The van der Waals surface area contributed by atoms with E-state index in [0.29, 0.717) is 5.13 Å². The fourth-order valence-corrected chi connectivity index (χ4v) is 3.02. The highest BCUT2D eigenvalue weighted by molar-refractivity contribution is 7.09. The van der Waals surface area contributed by atoms with E-state index in [2.05, 4.69) is 14.7 Å². The van der Waals surface area contributed by atoms with E-state index in [1.807, 2.05) is 0 Å². The van der Waals surface area contributed by atoms with Crippen LogP contribution in [0.3, 0.4) is 0 Å². The normalized spacial score (nSPS) is 41.5. The van der Waals surface area contributed by atoms with Gasteiger partial charge in [-0.2, -0.15) is 9.36 Å². The Morgan fingerprint density at radius 1 is 1.53 bits per heavy atom. The number of nitrogens with zero attached hydrogens (tertiary/aromatic N) is 2. The zero-order valence-corrected chi connectivity index (χ0v) is 11.1. The van der Waals surface area contributed by atoms with Crippen LogP contribution in [0.15, 0.2) is 0 Å². The molecule has 0 spiro atoms. The second-order valence-electron chi connectivity index (χ2n) is 4.49. The minimum atomic E-state index is -1.27. The number of aliphatic hydroxyl groups is 3. The summed E-state index contributed by atoms with van der Waals surface area (Å²) >= 11 is 6.63. The Labute approximate surface area is 117 Å². The van der Waals surface area contributed by atoms with E-state index in [-0.39, 0.29) is 11.9 Å². The molecule has 0 aliphatic carbocycles. The molecule has 2 saturated heterocycles. The molecule has 19 heavy (non-hydrogen) atoms. The lowest BCUT2D eigenvalue weighted by molar-refractivity contribution is -0.224. The third-order valence-electron chi connectivity index (χ3n) is 3.33. The molecule has 4 N–H and O–H groups in total. The molecule has 2 aliphatic heterocycles. The summed E-state index contributed by atoms with van der Waals surface area (Å²) in [6.45, 7) is -0.416. The van der Waals surface area contributed by atoms with Gasteiger partial charge >= 0.3 is 0 Å². The summed E-state index contributed by atoms with van der Waals surface area (Å²) in [6.07, 6.45) is -3.22. The monoisotopic (exact) mass is 309 g/mol. The maximum Gasteiger partial charge on any atom is 0.236 e. The molecule has 2 fully saturated rings. The fraction of sp³-hybridized carbons (Fsp3) is 0.778. The molecule has 2 aliphatic rings. The Morgan fingerprint density at radius 2 is 2.32 bits per heavy atom. The molecule has 1 aromatic heterocycles. The fourth-order valence-electron chi connectivity index (χ4n) is 2.26. The molecular formula is C9H12ClN3O5S. The lowest BCUT2D eigenvalue weighted by atomic mass is 9.88. The first-order valence-corrected chi connectivity index (χ1v) is 6.73. The van der Waals surface area contributed by atoms with Gasteiger partial charge < -0.3 is 30.1 Å². The van der Waals surface area contributed by atoms with Crippen molar-refractivity contribution in [3.63, 3.8) is 0 Å². The average Bonchev–Trinajstić information content (AvgIpc) is 2.99. The van der Waals surface area contributed by atoms with E-state index in [4.69, 9.17) is 21.1 Å². The van der Waals surface area contributed by atoms with Crippen molar-refractivity contribution in [3.8, 4) is 0 Å². The molecule has 0 aromatic carbocycles. The zero-order chi connectivity index (χ0) is 13.6. The Balaban J connectivity index is 1.80. The van der Waals surface area contributed by atoms with Crippen molar-refractivity contribution in [2.24, 2.45) is 0 Å². The van der Waals surface area contributed by atoms with Crippen LogP contribution in [0, 0.1) is 0 Å². The van der Waals surface area contributed by atoms with Crippen LogP contribution in [0.5, 0.6) is 0 Å². The maximum atomic E-state index is 10.1. The van der Waals surface area contributed by atoms with Crippen LogP contribution in [-0.2, 0) is 9.47 Å². The van der Waals surface area contributed by atoms with E-state index >= 15 is 0 Å². The highest BCUT2D eigenvalue weighted by atomic mass is 35.5. The topological polar surface area (TPSA) is 117 Å². The summed E-state index contributed by atoms with van der Waals surface area (Å²) in [5, 5.41) is 32.8. The molecule has 3 heterocycles. The van der Waals surface area contributed by atoms with Crippen LogP contribution >= 0.6 is 23.1 Å². The van der Waals surface area contributed by atoms with Gasteiger partial charge in [-0.1, -0.05) is 0 Å². The summed E-state index contributed by atoms with van der Waals surface area (Å²) in [5.41, 5.74) is -1.26. The first-order chi connectivity index (χ1) is 9.05. The largest absolute Gasteiger partial charge is 0.393 e. The number of rotatable bonds is 3. The first-order valence-electron chi connectivity index (χ1n) is 5.58. The van der Waals surface area contributed by atoms with Crippen molar-refractivity contribution in [2.75, 3.05) is 18.5 Å². The Morgan fingerprint density at radius 3 is 2.95 bits per heavy atom. The number of aliphatic hydroxyl groups excluding tert-OH is 3. The van der Waals surface area contributed by atoms with Crippen LogP contribution < -0.4 is 5.32 Å². The molecule has 0 amide bonds. The molecule has 0 unspecified atom stereocenters. The van der Waals surface area contributed by atoms with Crippen LogP contribution in [0.1, 0.15) is 0 Å². The third-order valence-corrected chi connectivity index (χ3v) is 4.24. The van der Waals surface area contributed by atoms with Gasteiger partial charge in [0.2, 0.25) is 10.4 Å². The maximum absolute atomic E-state index is 10.1. The van der Waals surface area contributed by atoms with Crippen molar-refractivity contribution >= 4 is 28.3 Å². The van der Waals surface area contributed by atoms with Crippen molar-refractivity contribution in [1.29, 1.82) is 0 Å². The summed E-state index contributed by atoms with van der Waals surface area (Å²) in [5.74, 6) is 0. The van der Waals surface area contributed by atoms with Crippen molar-refractivity contribution < 1.29 is 24.8 Å². The molecule has 106 valence electrons. The van der Waals surface area contributed by atoms with Crippen molar-refractivity contribution in [3.05, 3.63) is 5.28 Å². The van der Waals surface area contributed by atoms with E-state index in [1.54, 1.807) is 0 Å². The van der Waals surface area contributed by atoms with Crippen LogP contribution in [-0.4, -0.2) is 68.0 Å². The number of fused-ring (bicyclic) bond motifs is 2. The van der Waals surface area contributed by atoms with Gasteiger partial charge in [0.15, 0.2) is 6.29 Å². The number of hydrogen-bond acceptors (Lipinski definition) is 9. The van der Waals surface area contributed by atoms with Gasteiger partial charge in [0.1, 0.15) is 23.9 Å². The molecule has 0 saturated carbocycles. The van der Waals surface area contributed by atoms with Gasteiger partial charge in [-0.3, -0.25) is 0 Å². The number of ether oxygens (including phenoxy) is 2. The molecular weight excluding hydrogens is 298 g/mol. The minimum absolute atomic E-state index is 0.0153. The highest BCUT2D eigenvalue weighted by Crippen LogP contribution is 2.37. The lowest BCUT2D eigenvalue weighted by Gasteiger charge is -2.41. The Hall–Kier alpha value is -0.550. The Bertz CT molecular complexity index is 476. The quantitative estimate of drug-likeness (QED) is 0.551. The zero-order valence-electron chi connectivity index (χ0n) is 9.56. The molecule has 1 aromatic rings. The third kappa shape index (κ3) is 2.11. The average molecular weight is 310 g/mol. The van der Waals surface area contributed by atoms with Gasteiger partial charge in [0, 0.05) is 11.5 Å².